The van der Waals surface area contributed by atoms with Crippen molar-refractivity contribution in [2.45, 2.75) is 19.5 Å². The van der Waals surface area contributed by atoms with Crippen LogP contribution < -0.4 is 5.32 Å². The Morgan fingerprint density at radius 2 is 2.17 bits per heavy atom. The fraction of sp³-hybridized carbons (Fsp3) is 0.571. The van der Waals surface area contributed by atoms with E-state index in [0.717, 1.165) is 0 Å². The first-order valence-electron chi connectivity index (χ1n) is 7.13. The Bertz CT molecular complexity index is 572. The highest BCUT2D eigenvalue weighted by molar-refractivity contribution is 6.33. The first-order chi connectivity index (χ1) is 10.7. The molecule has 1 unspecified atom stereocenters. The Morgan fingerprint density at radius 3 is 2.74 bits per heavy atom. The van der Waals surface area contributed by atoms with Gasteiger partial charge in [-0.1, -0.05) is 11.6 Å². The van der Waals surface area contributed by atoms with E-state index in [1.165, 1.54) is 17.0 Å². The standard InChI is InChI=1S/C14H17ClF3N3O2/c1-9-4-11(21(22)23)5-12(15)13(9)19-6-10-2-3-20(7-10)8-14(16,17)18/h4-5,10,19H,2-3,6-8H2,1H3. The molecule has 0 aromatic heterocycles. The van der Waals surface area contributed by atoms with Crippen LogP contribution in [0.1, 0.15) is 12.0 Å². The second-order valence-electron chi connectivity index (χ2n) is 5.76. The molecule has 0 amide bonds. The van der Waals surface area contributed by atoms with Crippen molar-refractivity contribution in [1.29, 1.82) is 0 Å². The summed E-state index contributed by atoms with van der Waals surface area (Å²) in [5.74, 6) is 0.0861. The van der Waals surface area contributed by atoms with Gasteiger partial charge in [-0.25, -0.2) is 0 Å². The summed E-state index contributed by atoms with van der Waals surface area (Å²) in [5.41, 5.74) is 1.14. The molecule has 1 N–H and O–H groups in total. The SMILES string of the molecule is Cc1cc([N+](=O)[O-])cc(Cl)c1NCC1CCN(CC(F)(F)F)C1. The molecule has 1 aromatic rings. The zero-order valence-corrected chi connectivity index (χ0v) is 13.2. The lowest BCUT2D eigenvalue weighted by atomic mass is 10.1. The molecule has 2 rings (SSSR count). The molecular weight excluding hydrogens is 335 g/mol. The van der Waals surface area contributed by atoms with Crippen LogP contribution in [0.4, 0.5) is 24.5 Å². The predicted octanol–water partition coefficient (Wildman–Crippen LogP) is 3.85. The minimum absolute atomic E-state index is 0.0861. The molecule has 128 valence electrons. The largest absolute Gasteiger partial charge is 0.401 e. The fourth-order valence-electron chi connectivity index (χ4n) is 2.78. The zero-order chi connectivity index (χ0) is 17.2. The summed E-state index contributed by atoms with van der Waals surface area (Å²) in [4.78, 5) is 11.6. The first kappa shape index (κ1) is 17.8. The van der Waals surface area contributed by atoms with E-state index in [-0.39, 0.29) is 16.6 Å². The Balaban J connectivity index is 1.93. The molecule has 1 aromatic carbocycles. The van der Waals surface area contributed by atoms with Crippen molar-refractivity contribution in [3.63, 3.8) is 0 Å². The molecule has 0 aliphatic carbocycles. The molecule has 1 fully saturated rings. The highest BCUT2D eigenvalue weighted by atomic mass is 35.5. The van der Waals surface area contributed by atoms with E-state index < -0.39 is 17.6 Å². The number of nitrogens with zero attached hydrogens (tertiary/aromatic N) is 2. The summed E-state index contributed by atoms with van der Waals surface area (Å²) in [5, 5.41) is 14.1. The van der Waals surface area contributed by atoms with Crippen LogP contribution in [0.2, 0.25) is 5.02 Å². The lowest BCUT2D eigenvalue weighted by Gasteiger charge is -2.18. The summed E-state index contributed by atoms with van der Waals surface area (Å²) >= 11 is 6.05. The van der Waals surface area contributed by atoms with Crippen LogP contribution in [0.5, 0.6) is 0 Å². The van der Waals surface area contributed by atoms with Gasteiger partial charge in [-0.2, -0.15) is 13.2 Å². The number of aryl methyl sites for hydroxylation is 1. The number of alkyl halides is 3. The quantitative estimate of drug-likeness (QED) is 0.646. The van der Waals surface area contributed by atoms with Gasteiger partial charge in [0, 0.05) is 25.2 Å². The Labute approximate surface area is 136 Å². The topological polar surface area (TPSA) is 58.4 Å². The number of hydrogen-bond acceptors (Lipinski definition) is 4. The third kappa shape index (κ3) is 4.97. The number of hydrogen-bond donors (Lipinski definition) is 1. The van der Waals surface area contributed by atoms with Crippen LogP contribution in [0.25, 0.3) is 0 Å². The van der Waals surface area contributed by atoms with E-state index in [0.29, 0.717) is 37.3 Å². The van der Waals surface area contributed by atoms with Crippen molar-refractivity contribution in [2.75, 3.05) is 31.5 Å². The highest BCUT2D eigenvalue weighted by Crippen LogP contribution is 2.31. The highest BCUT2D eigenvalue weighted by Gasteiger charge is 2.34. The Kier molecular flexibility index (Phi) is 5.36. The maximum atomic E-state index is 12.4. The number of halogens is 4. The lowest BCUT2D eigenvalue weighted by molar-refractivity contribution is -0.384. The predicted molar refractivity (Wildman–Crippen MR) is 81.9 cm³/mol. The monoisotopic (exact) mass is 351 g/mol. The number of nitrogens with one attached hydrogen (secondary N) is 1. The van der Waals surface area contributed by atoms with Crippen LogP contribution in [-0.2, 0) is 0 Å². The van der Waals surface area contributed by atoms with Crippen molar-refractivity contribution < 1.29 is 18.1 Å². The summed E-state index contributed by atoms with van der Waals surface area (Å²) in [7, 11) is 0. The third-order valence-electron chi connectivity index (χ3n) is 3.82. The number of rotatable bonds is 5. The maximum absolute atomic E-state index is 12.4. The van der Waals surface area contributed by atoms with Crippen LogP contribution in [0.15, 0.2) is 12.1 Å². The Hall–Kier alpha value is -1.54. The number of nitro groups is 1. The minimum Gasteiger partial charge on any atom is -0.383 e. The van der Waals surface area contributed by atoms with E-state index >= 15 is 0 Å². The molecule has 1 saturated heterocycles. The molecule has 1 aliphatic rings. The smallest absolute Gasteiger partial charge is 0.383 e. The van der Waals surface area contributed by atoms with Gasteiger partial charge in [0.25, 0.3) is 5.69 Å². The van der Waals surface area contributed by atoms with Crippen molar-refractivity contribution in [2.24, 2.45) is 5.92 Å². The Morgan fingerprint density at radius 1 is 1.48 bits per heavy atom. The molecule has 0 spiro atoms. The van der Waals surface area contributed by atoms with Gasteiger partial charge in [0.15, 0.2) is 0 Å². The first-order valence-corrected chi connectivity index (χ1v) is 7.51. The van der Waals surface area contributed by atoms with Crippen molar-refractivity contribution in [1.82, 2.24) is 4.90 Å². The van der Waals surface area contributed by atoms with E-state index in [1.807, 2.05) is 0 Å². The number of benzene rings is 1. The van der Waals surface area contributed by atoms with E-state index in [4.69, 9.17) is 11.6 Å². The van der Waals surface area contributed by atoms with Gasteiger partial charge in [-0.3, -0.25) is 15.0 Å². The molecule has 9 heteroatoms. The molecule has 0 radical (unpaired) electrons. The molecule has 23 heavy (non-hydrogen) atoms. The molecular formula is C14H17ClF3N3O2. The minimum atomic E-state index is -4.18. The van der Waals surface area contributed by atoms with Gasteiger partial charge < -0.3 is 5.32 Å². The van der Waals surface area contributed by atoms with Crippen LogP contribution in [0, 0.1) is 23.0 Å². The molecule has 1 atom stereocenters. The normalized spacial score (nSPS) is 19.1. The molecule has 0 saturated carbocycles. The van der Waals surface area contributed by atoms with E-state index in [2.05, 4.69) is 5.32 Å². The molecule has 1 aliphatic heterocycles. The summed E-state index contributed by atoms with van der Waals surface area (Å²) in [6, 6.07) is 2.68. The number of nitro benzene ring substituents is 1. The van der Waals surface area contributed by atoms with E-state index in [1.54, 1.807) is 6.92 Å². The van der Waals surface area contributed by atoms with E-state index in [9.17, 15) is 23.3 Å². The van der Waals surface area contributed by atoms with Crippen molar-refractivity contribution in [3.05, 3.63) is 32.8 Å². The summed E-state index contributed by atoms with van der Waals surface area (Å²) in [6.45, 7) is 2.08. The van der Waals surface area contributed by atoms with Gasteiger partial charge in [-0.15, -0.1) is 0 Å². The average molecular weight is 352 g/mol. The van der Waals surface area contributed by atoms with Crippen LogP contribution in [0.3, 0.4) is 0 Å². The number of likely N-dealkylation sites (tertiary alicyclic amines) is 1. The van der Waals surface area contributed by atoms with Crippen LogP contribution >= 0.6 is 11.6 Å². The summed E-state index contributed by atoms with van der Waals surface area (Å²) in [6.07, 6.45) is -3.51. The molecule has 5 nitrogen and oxygen atoms in total. The van der Waals surface area contributed by atoms with Crippen molar-refractivity contribution in [3.8, 4) is 0 Å². The van der Waals surface area contributed by atoms with Gasteiger partial charge in [0.2, 0.25) is 0 Å². The van der Waals surface area contributed by atoms with Gasteiger partial charge in [0.05, 0.1) is 22.2 Å². The molecule has 1 heterocycles. The number of anilines is 1. The molecule has 0 bridgehead atoms. The van der Waals surface area contributed by atoms with Gasteiger partial charge in [0.1, 0.15) is 0 Å². The zero-order valence-electron chi connectivity index (χ0n) is 12.5. The third-order valence-corrected chi connectivity index (χ3v) is 4.12. The fourth-order valence-corrected chi connectivity index (χ4v) is 3.11. The average Bonchev–Trinajstić information content (AvgIpc) is 2.82. The number of non-ortho nitro benzene ring substituents is 1. The lowest BCUT2D eigenvalue weighted by Crippen LogP contribution is -2.33. The second kappa shape index (κ2) is 6.92. The summed E-state index contributed by atoms with van der Waals surface area (Å²) < 4.78 is 37.1. The van der Waals surface area contributed by atoms with Gasteiger partial charge >= 0.3 is 6.18 Å². The van der Waals surface area contributed by atoms with Crippen molar-refractivity contribution >= 4 is 23.0 Å². The maximum Gasteiger partial charge on any atom is 0.401 e. The van der Waals surface area contributed by atoms with Gasteiger partial charge in [-0.05, 0) is 31.4 Å². The second-order valence-corrected chi connectivity index (χ2v) is 6.17. The van der Waals surface area contributed by atoms with Crippen LogP contribution in [-0.4, -0.2) is 42.2 Å².